The summed E-state index contributed by atoms with van der Waals surface area (Å²) in [5.74, 6) is -1.43. The van der Waals surface area contributed by atoms with E-state index in [2.05, 4.69) is 15.6 Å². The molecule has 9 nitrogen and oxygen atoms in total. The van der Waals surface area contributed by atoms with Crippen molar-refractivity contribution >= 4 is 40.4 Å². The average Bonchev–Trinajstić information content (AvgIpc) is 3.10. The fraction of sp³-hybridized carbons (Fsp3) is 0.136. The van der Waals surface area contributed by atoms with E-state index in [0.717, 1.165) is 15.8 Å². The Labute approximate surface area is 177 Å². The molecule has 2 N–H and O–H groups in total. The number of pyridine rings is 1. The highest BCUT2D eigenvalue weighted by Crippen LogP contribution is 2.21. The van der Waals surface area contributed by atoms with Crippen molar-refractivity contribution in [1.82, 2.24) is 15.2 Å². The number of carbonyl (C=O) groups excluding carboxylic acids is 4. The third kappa shape index (κ3) is 4.50. The third-order valence-electron chi connectivity index (χ3n) is 4.72. The molecular formula is C22H18N4O5. The molecule has 1 aliphatic heterocycles. The molecule has 2 heterocycles. The van der Waals surface area contributed by atoms with Crippen LogP contribution in [0, 0.1) is 0 Å². The Morgan fingerprint density at radius 3 is 2.61 bits per heavy atom. The number of nitrogens with zero attached hydrogens (tertiary/aromatic N) is 2. The maximum atomic E-state index is 12.2. The number of hydrogen-bond acceptors (Lipinski definition) is 6. The van der Waals surface area contributed by atoms with Crippen LogP contribution in [0.3, 0.4) is 0 Å². The van der Waals surface area contributed by atoms with Gasteiger partial charge >= 0.3 is 12.0 Å². The number of esters is 1. The molecule has 0 radical (unpaired) electrons. The van der Waals surface area contributed by atoms with Gasteiger partial charge in [-0.2, -0.15) is 0 Å². The lowest BCUT2D eigenvalue weighted by molar-refractivity contribution is -0.125. The van der Waals surface area contributed by atoms with Crippen molar-refractivity contribution < 1.29 is 23.9 Å². The molecule has 9 heteroatoms. The van der Waals surface area contributed by atoms with Crippen molar-refractivity contribution in [1.29, 1.82) is 0 Å². The summed E-state index contributed by atoms with van der Waals surface area (Å²) in [5.41, 5.74) is 2.26. The fourth-order valence-corrected chi connectivity index (χ4v) is 3.16. The maximum Gasteiger partial charge on any atom is 0.338 e. The summed E-state index contributed by atoms with van der Waals surface area (Å²) < 4.78 is 5.09. The number of amides is 4. The third-order valence-corrected chi connectivity index (χ3v) is 4.72. The van der Waals surface area contributed by atoms with Crippen molar-refractivity contribution in [2.24, 2.45) is 0 Å². The monoisotopic (exact) mass is 418 g/mol. The summed E-state index contributed by atoms with van der Waals surface area (Å²) in [5, 5.41) is 5.95. The average molecular weight is 418 g/mol. The van der Waals surface area contributed by atoms with Crippen LogP contribution < -0.4 is 10.6 Å². The van der Waals surface area contributed by atoms with Gasteiger partial charge in [0.05, 0.1) is 29.9 Å². The summed E-state index contributed by atoms with van der Waals surface area (Å²) >= 11 is 0. The van der Waals surface area contributed by atoms with E-state index < -0.39 is 24.5 Å². The molecule has 0 saturated carbocycles. The first-order valence-electron chi connectivity index (χ1n) is 9.49. The van der Waals surface area contributed by atoms with Crippen molar-refractivity contribution in [2.75, 3.05) is 18.5 Å². The molecule has 1 aromatic heterocycles. The lowest BCUT2D eigenvalue weighted by Gasteiger charge is -2.12. The molecule has 4 rings (SSSR count). The van der Waals surface area contributed by atoms with Crippen LogP contribution in [0.25, 0.3) is 10.9 Å². The van der Waals surface area contributed by atoms with E-state index >= 15 is 0 Å². The van der Waals surface area contributed by atoms with Crippen LogP contribution in [-0.4, -0.2) is 46.9 Å². The van der Waals surface area contributed by atoms with Crippen LogP contribution in [0.4, 0.5) is 10.5 Å². The minimum Gasteiger partial charge on any atom is -0.452 e. The zero-order valence-electron chi connectivity index (χ0n) is 16.3. The van der Waals surface area contributed by atoms with Gasteiger partial charge in [0.2, 0.25) is 5.91 Å². The van der Waals surface area contributed by atoms with Crippen LogP contribution in [0.2, 0.25) is 0 Å². The Bertz CT molecular complexity index is 1150. The van der Waals surface area contributed by atoms with Crippen LogP contribution in [0.1, 0.15) is 15.9 Å². The second-order valence-electron chi connectivity index (χ2n) is 6.84. The van der Waals surface area contributed by atoms with Crippen molar-refractivity contribution in [3.8, 4) is 0 Å². The zero-order chi connectivity index (χ0) is 21.8. The number of hydrogen-bond donors (Lipinski definition) is 2. The van der Waals surface area contributed by atoms with Gasteiger partial charge in [-0.05, 0) is 42.0 Å². The van der Waals surface area contributed by atoms with Gasteiger partial charge < -0.3 is 15.4 Å². The highest BCUT2D eigenvalue weighted by molar-refractivity contribution is 6.03. The first kappa shape index (κ1) is 20.0. The van der Waals surface area contributed by atoms with E-state index in [1.54, 1.807) is 36.5 Å². The largest absolute Gasteiger partial charge is 0.452 e. The van der Waals surface area contributed by atoms with Gasteiger partial charge in [-0.1, -0.05) is 18.2 Å². The summed E-state index contributed by atoms with van der Waals surface area (Å²) in [6.45, 7) is -0.345. The predicted molar refractivity (Wildman–Crippen MR) is 111 cm³/mol. The number of urea groups is 1. The van der Waals surface area contributed by atoms with Gasteiger partial charge in [0, 0.05) is 11.6 Å². The number of ether oxygens (including phenoxy) is 1. The fourth-order valence-electron chi connectivity index (χ4n) is 3.16. The minimum absolute atomic E-state index is 0.0133. The molecule has 0 unspecified atom stereocenters. The summed E-state index contributed by atoms with van der Waals surface area (Å²) in [6, 6.07) is 14.8. The molecule has 0 atom stereocenters. The van der Waals surface area contributed by atoms with Gasteiger partial charge in [0.15, 0.2) is 6.61 Å². The van der Waals surface area contributed by atoms with Gasteiger partial charge in [-0.3, -0.25) is 19.5 Å². The van der Waals surface area contributed by atoms with E-state index in [1.807, 2.05) is 12.1 Å². The minimum atomic E-state index is -0.656. The molecule has 3 aromatic rings. The maximum absolute atomic E-state index is 12.2. The van der Waals surface area contributed by atoms with Crippen molar-refractivity contribution in [3.63, 3.8) is 0 Å². The number of carbonyl (C=O) groups is 4. The SMILES string of the molecule is O=C(COC(=O)c1ccc(CN2C(=O)CNC2=O)cc1)Nc1cccc2ncccc12. The smallest absolute Gasteiger partial charge is 0.338 e. The van der Waals surface area contributed by atoms with Crippen LogP contribution in [0.15, 0.2) is 60.8 Å². The van der Waals surface area contributed by atoms with E-state index in [9.17, 15) is 19.2 Å². The molecule has 0 spiro atoms. The number of benzene rings is 2. The second-order valence-corrected chi connectivity index (χ2v) is 6.84. The lowest BCUT2D eigenvalue weighted by atomic mass is 10.1. The normalized spacial score (nSPS) is 13.2. The van der Waals surface area contributed by atoms with E-state index in [4.69, 9.17) is 4.74 Å². The van der Waals surface area contributed by atoms with Gasteiger partial charge in [-0.25, -0.2) is 9.59 Å². The first-order valence-corrected chi connectivity index (χ1v) is 9.49. The highest BCUT2D eigenvalue weighted by atomic mass is 16.5. The number of nitrogens with one attached hydrogen (secondary N) is 2. The van der Waals surface area contributed by atoms with Crippen LogP contribution >= 0.6 is 0 Å². The Kier molecular flexibility index (Phi) is 5.57. The van der Waals surface area contributed by atoms with Crippen LogP contribution in [0.5, 0.6) is 0 Å². The first-order chi connectivity index (χ1) is 15.0. The summed E-state index contributed by atoms with van der Waals surface area (Å²) in [6.07, 6.45) is 1.67. The molecule has 2 aromatic carbocycles. The van der Waals surface area contributed by atoms with Gasteiger partial charge in [-0.15, -0.1) is 0 Å². The molecule has 4 amide bonds. The topological polar surface area (TPSA) is 118 Å². The standard InChI is InChI=1S/C22H18N4O5/c27-19(25-18-5-1-4-17-16(18)3-2-10-23-17)13-31-21(29)15-8-6-14(7-9-15)12-26-20(28)11-24-22(26)30/h1-10H,11-13H2,(H,24,30)(H,25,27). The summed E-state index contributed by atoms with van der Waals surface area (Å²) in [4.78, 5) is 53.0. The molecular weight excluding hydrogens is 400 g/mol. The van der Waals surface area contributed by atoms with E-state index in [-0.39, 0.29) is 24.6 Å². The Hall–Kier alpha value is -4.27. The summed E-state index contributed by atoms with van der Waals surface area (Å²) in [7, 11) is 0. The molecule has 1 aliphatic rings. The second kappa shape index (κ2) is 8.62. The Morgan fingerprint density at radius 2 is 1.87 bits per heavy atom. The number of imide groups is 1. The highest BCUT2D eigenvalue weighted by Gasteiger charge is 2.28. The van der Waals surface area contributed by atoms with Crippen molar-refractivity contribution in [2.45, 2.75) is 6.54 Å². The number of fused-ring (bicyclic) bond motifs is 1. The van der Waals surface area contributed by atoms with Crippen molar-refractivity contribution in [3.05, 3.63) is 71.9 Å². The van der Waals surface area contributed by atoms with E-state index in [1.165, 1.54) is 12.1 Å². The zero-order valence-corrected chi connectivity index (χ0v) is 16.3. The number of rotatable bonds is 6. The predicted octanol–water partition coefficient (Wildman–Crippen LogP) is 2.08. The Balaban J connectivity index is 1.32. The van der Waals surface area contributed by atoms with Gasteiger partial charge in [0.1, 0.15) is 0 Å². The molecule has 1 fully saturated rings. The Morgan fingerprint density at radius 1 is 1.06 bits per heavy atom. The molecule has 1 saturated heterocycles. The van der Waals surface area contributed by atoms with E-state index in [0.29, 0.717) is 11.3 Å². The lowest BCUT2D eigenvalue weighted by Crippen LogP contribution is -2.30. The molecule has 0 bridgehead atoms. The molecule has 0 aliphatic carbocycles. The molecule has 156 valence electrons. The van der Waals surface area contributed by atoms with Gasteiger partial charge in [0.25, 0.3) is 5.91 Å². The van der Waals surface area contributed by atoms with Crippen LogP contribution in [-0.2, 0) is 20.9 Å². The number of aromatic nitrogens is 1. The quantitative estimate of drug-likeness (QED) is 0.468. The molecule has 31 heavy (non-hydrogen) atoms. The number of anilines is 1.